The van der Waals surface area contributed by atoms with Gasteiger partial charge in [-0.25, -0.2) is 9.59 Å². The number of aromatic carboxylic acids is 1. The summed E-state index contributed by atoms with van der Waals surface area (Å²) in [6, 6.07) is 16.1. The first-order valence-corrected chi connectivity index (χ1v) is 11.7. The molecule has 0 aliphatic rings. The third-order valence-electron chi connectivity index (χ3n) is 6.34. The van der Waals surface area contributed by atoms with Gasteiger partial charge in [0, 0.05) is 18.4 Å². The highest BCUT2D eigenvalue weighted by Gasteiger charge is 2.51. The summed E-state index contributed by atoms with van der Waals surface area (Å²) >= 11 is 0. The van der Waals surface area contributed by atoms with Crippen molar-refractivity contribution in [1.82, 2.24) is 0 Å². The highest BCUT2D eigenvalue weighted by Crippen LogP contribution is 2.44. The van der Waals surface area contributed by atoms with E-state index in [1.165, 1.54) is 12.1 Å². The van der Waals surface area contributed by atoms with Crippen LogP contribution < -0.4 is 0 Å². The Morgan fingerprint density at radius 1 is 0.909 bits per heavy atom. The number of hydrogen-bond acceptors (Lipinski definition) is 4. The minimum absolute atomic E-state index is 0.0534. The van der Waals surface area contributed by atoms with Gasteiger partial charge < -0.3 is 14.6 Å². The van der Waals surface area contributed by atoms with Gasteiger partial charge in [-0.3, -0.25) is 0 Å². The number of carboxylic acid groups (broad SMARTS) is 1. The van der Waals surface area contributed by atoms with E-state index >= 15 is 0 Å². The Labute approximate surface area is 198 Å². The molecule has 180 valence electrons. The van der Waals surface area contributed by atoms with E-state index in [2.05, 4.69) is 27.7 Å². The molecule has 0 aliphatic carbocycles. The van der Waals surface area contributed by atoms with Crippen molar-refractivity contribution in [3.05, 3.63) is 71.3 Å². The zero-order valence-corrected chi connectivity index (χ0v) is 20.8. The second-order valence-corrected chi connectivity index (χ2v) is 10.1. The molecule has 0 bridgehead atoms. The number of ether oxygens (including phenoxy) is 2. The minimum atomic E-state index is -1.16. The first kappa shape index (κ1) is 26.6. The molecule has 0 fully saturated rings. The van der Waals surface area contributed by atoms with Gasteiger partial charge in [-0.1, -0.05) is 84.0 Å². The van der Waals surface area contributed by atoms with E-state index in [9.17, 15) is 14.7 Å². The predicted octanol–water partition coefficient (Wildman–Crippen LogP) is 6.27. The lowest BCUT2D eigenvalue weighted by Crippen LogP contribution is -2.56. The second-order valence-electron chi connectivity index (χ2n) is 10.1. The molecule has 0 amide bonds. The highest BCUT2D eigenvalue weighted by atomic mass is 16.6. The topological polar surface area (TPSA) is 72.8 Å². The van der Waals surface area contributed by atoms with E-state index in [0.717, 1.165) is 12.0 Å². The number of hydrogen-bond donors (Lipinski definition) is 1. The van der Waals surface area contributed by atoms with Gasteiger partial charge in [0.2, 0.25) is 0 Å². The van der Waals surface area contributed by atoms with Crippen LogP contribution in [0.25, 0.3) is 0 Å². The zero-order chi connectivity index (χ0) is 24.6. The smallest absolute Gasteiger partial charge is 0.339 e. The Bertz CT molecular complexity index is 917. The summed E-state index contributed by atoms with van der Waals surface area (Å²) in [7, 11) is 0. The van der Waals surface area contributed by atoms with Crippen molar-refractivity contribution in [3.8, 4) is 0 Å². The summed E-state index contributed by atoms with van der Waals surface area (Å²) in [6.45, 7) is 13.6. The second kappa shape index (κ2) is 11.5. The third-order valence-corrected chi connectivity index (χ3v) is 6.34. The lowest BCUT2D eigenvalue weighted by Gasteiger charge is -2.49. The lowest BCUT2D eigenvalue weighted by molar-refractivity contribution is -0.139. The molecule has 0 aliphatic heterocycles. The molecule has 0 saturated heterocycles. The van der Waals surface area contributed by atoms with Crippen LogP contribution in [0, 0.1) is 17.3 Å². The fourth-order valence-corrected chi connectivity index (χ4v) is 4.25. The van der Waals surface area contributed by atoms with Crippen molar-refractivity contribution >= 4 is 11.9 Å². The number of carbonyl (C=O) groups excluding carboxylic acids is 1. The number of esters is 1. The Kier molecular flexibility index (Phi) is 9.24. The third kappa shape index (κ3) is 6.67. The Hall–Kier alpha value is -2.66. The van der Waals surface area contributed by atoms with E-state index in [1.807, 2.05) is 44.2 Å². The Morgan fingerprint density at radius 2 is 1.48 bits per heavy atom. The summed E-state index contributed by atoms with van der Waals surface area (Å²) in [4.78, 5) is 25.1. The van der Waals surface area contributed by atoms with Crippen LogP contribution in [0.1, 0.15) is 74.2 Å². The molecule has 1 atom stereocenters. The molecule has 0 heterocycles. The normalized spacial score (nSPS) is 13.7. The average molecular weight is 455 g/mol. The number of carbonyl (C=O) groups is 2. The van der Waals surface area contributed by atoms with Gasteiger partial charge in [0.15, 0.2) is 0 Å². The molecule has 2 aromatic carbocycles. The van der Waals surface area contributed by atoms with Crippen LogP contribution in [0.3, 0.4) is 0 Å². The average Bonchev–Trinajstić information content (AvgIpc) is 2.76. The van der Waals surface area contributed by atoms with Crippen LogP contribution in [0.15, 0.2) is 54.6 Å². The maximum absolute atomic E-state index is 13.4. The van der Waals surface area contributed by atoms with Crippen molar-refractivity contribution in [1.29, 1.82) is 0 Å². The van der Waals surface area contributed by atoms with Crippen LogP contribution >= 0.6 is 0 Å². The Morgan fingerprint density at radius 3 is 2.03 bits per heavy atom. The quantitative estimate of drug-likeness (QED) is 0.302. The minimum Gasteiger partial charge on any atom is -0.478 e. The van der Waals surface area contributed by atoms with Crippen molar-refractivity contribution in [2.75, 3.05) is 13.2 Å². The van der Waals surface area contributed by atoms with Crippen molar-refractivity contribution in [2.24, 2.45) is 17.3 Å². The van der Waals surface area contributed by atoms with Gasteiger partial charge in [-0.2, -0.15) is 0 Å². The van der Waals surface area contributed by atoms with Gasteiger partial charge in [0.1, 0.15) is 5.60 Å². The first-order chi connectivity index (χ1) is 15.5. The molecule has 0 saturated carbocycles. The van der Waals surface area contributed by atoms with E-state index in [1.54, 1.807) is 12.1 Å². The fourth-order valence-electron chi connectivity index (χ4n) is 4.25. The molecular weight excluding hydrogens is 416 g/mol. The largest absolute Gasteiger partial charge is 0.478 e. The van der Waals surface area contributed by atoms with Gasteiger partial charge >= 0.3 is 11.9 Å². The number of carboxylic acids is 1. The zero-order valence-electron chi connectivity index (χ0n) is 20.8. The first-order valence-electron chi connectivity index (χ1n) is 11.7. The summed E-state index contributed by atoms with van der Waals surface area (Å²) in [5.74, 6) is -1.30. The van der Waals surface area contributed by atoms with Crippen LogP contribution in [0.5, 0.6) is 0 Å². The van der Waals surface area contributed by atoms with E-state index in [0.29, 0.717) is 25.6 Å². The Balaban J connectivity index is 2.46. The van der Waals surface area contributed by atoms with Crippen molar-refractivity contribution in [2.45, 2.75) is 60.0 Å². The molecule has 33 heavy (non-hydrogen) atoms. The predicted molar refractivity (Wildman–Crippen MR) is 131 cm³/mol. The summed E-state index contributed by atoms with van der Waals surface area (Å²) in [5, 5.41) is 9.58. The van der Waals surface area contributed by atoms with Gasteiger partial charge in [0.25, 0.3) is 0 Å². The molecular formula is C28H38O5. The van der Waals surface area contributed by atoms with Crippen LogP contribution in [-0.4, -0.2) is 35.9 Å². The number of rotatable bonds is 12. The van der Waals surface area contributed by atoms with E-state index in [4.69, 9.17) is 9.47 Å². The summed E-state index contributed by atoms with van der Waals surface area (Å²) < 4.78 is 12.4. The van der Waals surface area contributed by atoms with Gasteiger partial charge in [0.05, 0.1) is 17.7 Å². The van der Waals surface area contributed by atoms with Crippen LogP contribution in [0.4, 0.5) is 0 Å². The van der Waals surface area contributed by atoms with Gasteiger partial charge in [-0.05, 0) is 36.0 Å². The molecule has 2 aromatic rings. The van der Waals surface area contributed by atoms with E-state index < -0.39 is 23.0 Å². The fraction of sp³-hybridized carbons (Fsp3) is 0.500. The standard InChI is InChI=1S/C28H38O5/c1-20(2)16-17-32-19-27(5,6)28(21(3)4,18-22-12-8-7-9-13-22)33-26(31)24-15-11-10-14-23(24)25(29)30/h7-15,20-21H,16-19H2,1-6H3,(H,29,30). The number of benzene rings is 2. The van der Waals surface area contributed by atoms with E-state index in [-0.39, 0.29) is 17.0 Å². The summed E-state index contributed by atoms with van der Waals surface area (Å²) in [5.41, 5.74) is -0.428. The van der Waals surface area contributed by atoms with Gasteiger partial charge in [-0.15, -0.1) is 0 Å². The van der Waals surface area contributed by atoms with Crippen molar-refractivity contribution in [3.63, 3.8) is 0 Å². The van der Waals surface area contributed by atoms with Crippen molar-refractivity contribution < 1.29 is 24.2 Å². The molecule has 2 rings (SSSR count). The molecule has 5 nitrogen and oxygen atoms in total. The maximum Gasteiger partial charge on any atom is 0.339 e. The lowest BCUT2D eigenvalue weighted by atomic mass is 9.66. The molecule has 5 heteroatoms. The highest BCUT2D eigenvalue weighted by molar-refractivity contribution is 6.02. The van der Waals surface area contributed by atoms with Crippen LogP contribution in [0.2, 0.25) is 0 Å². The van der Waals surface area contributed by atoms with Crippen LogP contribution in [-0.2, 0) is 15.9 Å². The molecule has 0 spiro atoms. The molecule has 0 radical (unpaired) electrons. The molecule has 1 unspecified atom stereocenters. The maximum atomic E-state index is 13.4. The molecule has 0 aromatic heterocycles. The monoisotopic (exact) mass is 454 g/mol. The SMILES string of the molecule is CC(C)CCOCC(C)(C)C(Cc1ccccc1)(OC(=O)c1ccccc1C(=O)O)C(C)C. The summed E-state index contributed by atoms with van der Waals surface area (Å²) in [6.07, 6.45) is 1.45. The molecule has 1 N–H and O–H groups in total.